The number of esters is 2. The van der Waals surface area contributed by atoms with E-state index in [1.165, 1.54) is 63.1 Å². The van der Waals surface area contributed by atoms with Crippen molar-refractivity contribution in [2.24, 2.45) is 40.0 Å². The third kappa shape index (κ3) is 9.16. The van der Waals surface area contributed by atoms with Crippen molar-refractivity contribution in [3.05, 3.63) is 147 Å². The molecule has 84 heavy (non-hydrogen) atoms. The number of aromatic amines is 2. The van der Waals surface area contributed by atoms with Crippen molar-refractivity contribution in [1.29, 1.82) is 0 Å². The van der Waals surface area contributed by atoms with Crippen molar-refractivity contribution < 1.29 is 57.4 Å². The van der Waals surface area contributed by atoms with E-state index in [9.17, 15) is 47.9 Å². The van der Waals surface area contributed by atoms with E-state index in [-0.39, 0.29) is 64.6 Å². The van der Waals surface area contributed by atoms with Gasteiger partial charge in [-0.15, -0.1) is 0 Å². The number of methoxy groups -OCH3 is 2. The number of anilines is 4. The number of amides is 6. The van der Waals surface area contributed by atoms with E-state index in [0.29, 0.717) is 104 Å². The molecule has 6 aromatic heterocycles. The van der Waals surface area contributed by atoms with E-state index >= 15 is 0 Å². The molecule has 4 fully saturated rings. The van der Waals surface area contributed by atoms with Crippen LogP contribution in [0.2, 0.25) is 0 Å². The number of carbonyl (C=O) groups excluding carboxylic acids is 10. The molecule has 4 unspecified atom stereocenters. The van der Waals surface area contributed by atoms with Crippen LogP contribution in [-0.4, -0.2) is 129 Å². The van der Waals surface area contributed by atoms with Gasteiger partial charge in [0, 0.05) is 160 Å². The number of aryl methyl sites for hydroxylation is 6. The number of fused-ring (bicyclic) bond motifs is 2. The van der Waals surface area contributed by atoms with Gasteiger partial charge in [-0.25, -0.2) is 14.6 Å². The minimum absolute atomic E-state index is 0.0979. The van der Waals surface area contributed by atoms with Crippen LogP contribution in [0, 0.1) is 25.7 Å². The van der Waals surface area contributed by atoms with Crippen molar-refractivity contribution in [3.8, 4) is 0 Å². The van der Waals surface area contributed by atoms with Crippen LogP contribution in [0.5, 0.6) is 0 Å². The lowest BCUT2D eigenvalue weighted by molar-refractivity contribution is -0.124. The number of nitrogens with zero attached hydrogens (tertiary/aromatic N) is 7. The fraction of sp³-hybridized carbons (Fsp3) is 0.305. The number of rotatable bonds is 12. The van der Waals surface area contributed by atoms with Gasteiger partial charge in [0.1, 0.15) is 5.69 Å². The second kappa shape index (κ2) is 20.3. The lowest BCUT2D eigenvalue weighted by Gasteiger charge is -2.27. The van der Waals surface area contributed by atoms with Crippen LogP contribution in [0.1, 0.15) is 123 Å². The van der Waals surface area contributed by atoms with E-state index in [0.717, 1.165) is 12.8 Å². The summed E-state index contributed by atoms with van der Waals surface area (Å²) in [4.78, 5) is 140. The Hall–Kier alpha value is -10.3. The zero-order valence-corrected chi connectivity index (χ0v) is 47.5. The topological polar surface area (TPSA) is 308 Å². The van der Waals surface area contributed by atoms with Gasteiger partial charge in [-0.1, -0.05) is 0 Å². The molecule has 25 nitrogen and oxygen atoms in total. The number of nitrogens with one attached hydrogen (secondary N) is 6. The molecular weight excluding hydrogens is 1080 g/mol. The molecule has 4 atom stereocenters. The van der Waals surface area contributed by atoms with E-state index in [1.54, 1.807) is 114 Å². The maximum atomic E-state index is 13.4. The maximum absolute atomic E-state index is 13.4. The minimum Gasteiger partial charge on any atom is -0.465 e. The fourth-order valence-corrected chi connectivity index (χ4v) is 12.7. The van der Waals surface area contributed by atoms with Crippen molar-refractivity contribution in [3.63, 3.8) is 0 Å². The molecule has 4 aliphatic carbocycles. The second-order valence-electron chi connectivity index (χ2n) is 21.9. The number of aromatic nitrogens is 7. The van der Waals surface area contributed by atoms with Crippen LogP contribution in [0.25, 0.3) is 12.2 Å². The van der Waals surface area contributed by atoms with E-state index in [2.05, 4.69) is 36.2 Å². The molecule has 6 aliphatic rings. The lowest BCUT2D eigenvalue weighted by atomic mass is 9.82. The highest BCUT2D eigenvalue weighted by Crippen LogP contribution is 2.68. The standard InChI is InChI=1S/C30H30N6O6.C29H29N7O6/c1-15-25(29(41)42-5)26-27(31-15)22(38)10-23-30(26)11-17(30)12-36(23)24(39)7-6-20-8-18(13-34(20)3)33-28(40)21-9-19(14-35(21)4)32-16(2)37;1-14-23(28(41)42-5)24-25(30-14)19(38)9-20-29(24)10-16(29)11-36(20)22(39)7-6-18-8-17(12-34(18)3)32-27(40)26-33-21(13-35(26)4)31-15(2)37/h6-10,13-14,17,31H,11-12H2,1-5H3,(H,32,37)(H,33,40);6-9,12-13,16,30H,10-11H2,1-5H3,(H,31,37)(H,32,40)/b2*7-6+. The van der Waals surface area contributed by atoms with Crippen LogP contribution in [-0.2, 0) is 67.7 Å². The first kappa shape index (κ1) is 55.6. The van der Waals surface area contributed by atoms with E-state index < -0.39 is 28.7 Å². The first-order valence-corrected chi connectivity index (χ1v) is 26.7. The fourth-order valence-electron chi connectivity index (χ4n) is 12.7. The summed E-state index contributed by atoms with van der Waals surface area (Å²) in [6, 6.07) is 5.04. The highest BCUT2D eigenvalue weighted by molar-refractivity contribution is 6.13. The molecule has 6 N–H and O–H groups in total. The summed E-state index contributed by atoms with van der Waals surface area (Å²) in [5.74, 6) is -2.90. The van der Waals surface area contributed by atoms with Gasteiger partial charge in [0.25, 0.3) is 23.6 Å². The smallest absolute Gasteiger partial charge is 0.340 e. The van der Waals surface area contributed by atoms with Crippen molar-refractivity contribution in [1.82, 2.24) is 43.0 Å². The summed E-state index contributed by atoms with van der Waals surface area (Å²) in [6.07, 6.45) is 17.3. The zero-order chi connectivity index (χ0) is 60.2. The number of hydrogen-bond acceptors (Lipinski definition) is 13. The van der Waals surface area contributed by atoms with E-state index in [4.69, 9.17) is 9.47 Å². The van der Waals surface area contributed by atoms with E-state index in [1.807, 2.05) is 0 Å². The van der Waals surface area contributed by atoms with Gasteiger partial charge in [-0.2, -0.15) is 0 Å². The Morgan fingerprint density at radius 2 is 1.04 bits per heavy atom. The number of allylic oxidation sites excluding steroid dienone is 4. The SMILES string of the molecule is COC(=O)c1c(C)[nH]c2c1C13CC1CN(C(=O)/C=C/c1cc(NC(=O)c4cc(NC(C)=O)cn4C)cn1C)C3=CC2=O.COC(=O)c1c(C)[nH]c2c1C13CC1CN(C(=O)/C=C/c1cc(NC(=O)c4nc(NC(C)=O)cn4C)cn1C)C3=CC2=O. The first-order chi connectivity index (χ1) is 39.9. The normalized spacial score (nSPS) is 20.1. The molecule has 2 aliphatic heterocycles. The number of ether oxygens (including phenoxy) is 2. The van der Waals surface area contributed by atoms with Crippen LogP contribution in [0.15, 0.2) is 78.7 Å². The average Bonchev–Trinajstić information content (AvgIpc) is 1.83. The number of ketones is 2. The van der Waals surface area contributed by atoms with Crippen molar-refractivity contribution in [2.45, 2.75) is 51.4 Å². The van der Waals surface area contributed by atoms with Gasteiger partial charge in [0.15, 0.2) is 5.82 Å². The Kier molecular flexibility index (Phi) is 13.4. The summed E-state index contributed by atoms with van der Waals surface area (Å²) in [7, 11) is 9.55. The minimum atomic E-state index is -0.561. The van der Waals surface area contributed by atoms with Crippen molar-refractivity contribution >= 4 is 94.0 Å². The molecule has 8 heterocycles. The third-order valence-electron chi connectivity index (χ3n) is 16.5. The predicted octanol–water partition coefficient (Wildman–Crippen LogP) is 5.18. The predicted molar refractivity (Wildman–Crippen MR) is 304 cm³/mol. The van der Waals surface area contributed by atoms with Gasteiger partial charge in [-0.05, 0) is 68.9 Å². The molecule has 0 radical (unpaired) electrons. The number of imidazole rings is 1. The quantitative estimate of drug-likeness (QED) is 0.0681. The molecule has 0 bridgehead atoms. The van der Waals surface area contributed by atoms with Crippen LogP contribution >= 0.6 is 0 Å². The van der Waals surface area contributed by atoms with Crippen LogP contribution in [0.3, 0.4) is 0 Å². The van der Waals surface area contributed by atoms with Gasteiger partial charge in [0.05, 0.1) is 53.8 Å². The highest BCUT2D eigenvalue weighted by Gasteiger charge is 2.70. The number of hydrogen-bond donors (Lipinski definition) is 6. The second-order valence-corrected chi connectivity index (χ2v) is 21.9. The molecule has 0 aromatic carbocycles. The molecule has 25 heteroatoms. The number of piperidine rings is 2. The zero-order valence-electron chi connectivity index (χ0n) is 47.5. The van der Waals surface area contributed by atoms with Gasteiger partial charge in [-0.3, -0.25) is 38.4 Å². The summed E-state index contributed by atoms with van der Waals surface area (Å²) >= 11 is 0. The molecule has 12 rings (SSSR count). The molecule has 2 saturated carbocycles. The molecule has 432 valence electrons. The Morgan fingerprint density at radius 3 is 1.49 bits per heavy atom. The molecule has 6 aromatic rings. The lowest BCUT2D eigenvalue weighted by Crippen LogP contribution is -2.33. The average molecular weight is 1140 g/mol. The van der Waals surface area contributed by atoms with Crippen LogP contribution in [0.4, 0.5) is 22.9 Å². The molecular formula is C59H59N13O12. The Morgan fingerprint density at radius 1 is 0.595 bits per heavy atom. The molecule has 2 saturated heterocycles. The number of carbonyl (C=O) groups is 10. The Labute approximate surface area is 479 Å². The number of H-pyrrole nitrogens is 2. The summed E-state index contributed by atoms with van der Waals surface area (Å²) in [6.45, 7) is 7.11. The summed E-state index contributed by atoms with van der Waals surface area (Å²) in [5.41, 5.74) is 7.29. The summed E-state index contributed by atoms with van der Waals surface area (Å²) < 4.78 is 16.7. The number of likely N-dealkylation sites (tertiary alicyclic amines) is 2. The van der Waals surface area contributed by atoms with Gasteiger partial charge in [0.2, 0.25) is 29.2 Å². The van der Waals surface area contributed by atoms with Crippen LogP contribution < -0.4 is 21.3 Å². The Balaban J connectivity index is 0.000000175. The first-order valence-electron chi connectivity index (χ1n) is 26.7. The summed E-state index contributed by atoms with van der Waals surface area (Å²) in [5, 5.41) is 10.8. The molecule has 2 spiro atoms. The largest absolute Gasteiger partial charge is 0.465 e. The maximum Gasteiger partial charge on any atom is 0.340 e. The van der Waals surface area contributed by atoms with Crippen molar-refractivity contribution in [2.75, 3.05) is 48.6 Å². The molecule has 6 amide bonds. The third-order valence-corrected chi connectivity index (χ3v) is 16.5. The monoisotopic (exact) mass is 1140 g/mol. The van der Waals surface area contributed by atoms with Gasteiger partial charge < -0.3 is 68.8 Å². The Bertz CT molecular complexity index is 3830. The highest BCUT2D eigenvalue weighted by atomic mass is 16.5. The van der Waals surface area contributed by atoms with Gasteiger partial charge >= 0.3 is 11.9 Å².